The van der Waals surface area contributed by atoms with Crippen molar-refractivity contribution in [2.75, 3.05) is 0 Å². The largest absolute Gasteiger partial charge is 0.389 e. The minimum absolute atomic E-state index is 0.0675. The summed E-state index contributed by atoms with van der Waals surface area (Å²) in [6.07, 6.45) is 1.60. The van der Waals surface area contributed by atoms with Gasteiger partial charge < -0.3 is 5.11 Å². The zero-order valence-electron chi connectivity index (χ0n) is 10.7. The van der Waals surface area contributed by atoms with Crippen LogP contribution in [0.2, 0.25) is 0 Å². The zero-order chi connectivity index (χ0) is 13.3. The second kappa shape index (κ2) is 4.72. The van der Waals surface area contributed by atoms with E-state index in [0.717, 1.165) is 0 Å². The number of carbonyl (C=O) groups excluding carboxylic acids is 1. The Bertz CT molecular complexity index is 330. The predicted molar refractivity (Wildman–Crippen MR) is 63.3 cm³/mol. The van der Waals surface area contributed by atoms with Crippen molar-refractivity contribution in [1.29, 1.82) is 0 Å². The number of ketones is 1. The Labute approximate surface area is 101 Å². The van der Waals surface area contributed by atoms with Crippen LogP contribution in [0.25, 0.3) is 0 Å². The lowest BCUT2D eigenvalue weighted by Crippen LogP contribution is -2.53. The zero-order valence-corrected chi connectivity index (χ0v) is 10.7. The molecule has 0 aliphatic heterocycles. The number of nitrogens with zero attached hydrogens (tertiary/aromatic N) is 1. The number of rotatable bonds is 4. The van der Waals surface area contributed by atoms with Crippen LogP contribution in [0, 0.1) is 16.0 Å². The van der Waals surface area contributed by atoms with Crippen molar-refractivity contribution in [3.8, 4) is 0 Å². The highest BCUT2D eigenvalue weighted by Crippen LogP contribution is 2.43. The van der Waals surface area contributed by atoms with Gasteiger partial charge in [-0.1, -0.05) is 13.8 Å². The van der Waals surface area contributed by atoms with E-state index in [-0.39, 0.29) is 17.1 Å². The van der Waals surface area contributed by atoms with E-state index in [1.165, 1.54) is 0 Å². The van der Waals surface area contributed by atoms with Crippen LogP contribution >= 0.6 is 0 Å². The lowest BCUT2D eigenvalue weighted by molar-refractivity contribution is -0.573. The fourth-order valence-electron chi connectivity index (χ4n) is 2.64. The molecule has 0 aromatic rings. The number of aliphatic hydroxyl groups is 1. The monoisotopic (exact) mass is 243 g/mol. The molecule has 17 heavy (non-hydrogen) atoms. The van der Waals surface area contributed by atoms with Gasteiger partial charge in [-0.15, -0.1) is 0 Å². The van der Waals surface area contributed by atoms with E-state index in [1.54, 1.807) is 13.8 Å². The molecule has 98 valence electrons. The van der Waals surface area contributed by atoms with Crippen LogP contribution in [0.15, 0.2) is 0 Å². The molecule has 1 rings (SSSR count). The van der Waals surface area contributed by atoms with Crippen LogP contribution in [-0.4, -0.2) is 27.0 Å². The Kier molecular flexibility index (Phi) is 3.91. The van der Waals surface area contributed by atoms with Crippen LogP contribution in [0.5, 0.6) is 0 Å². The molecule has 0 aromatic carbocycles. The van der Waals surface area contributed by atoms with Gasteiger partial charge in [0.2, 0.25) is 5.54 Å². The molecule has 3 atom stereocenters. The first-order valence-electron chi connectivity index (χ1n) is 6.18. The molecule has 1 aliphatic rings. The summed E-state index contributed by atoms with van der Waals surface area (Å²) in [6.45, 7) is 5.12. The van der Waals surface area contributed by atoms with Gasteiger partial charge in [0.25, 0.3) is 0 Å². The highest BCUT2D eigenvalue weighted by molar-refractivity contribution is 5.82. The fourth-order valence-corrected chi connectivity index (χ4v) is 2.64. The minimum Gasteiger partial charge on any atom is -0.389 e. The summed E-state index contributed by atoms with van der Waals surface area (Å²) < 4.78 is 0. The Morgan fingerprint density at radius 2 is 2.06 bits per heavy atom. The average Bonchev–Trinajstić information content (AvgIpc) is 2.31. The molecular formula is C12H21NO4. The number of Topliss-reactive ketones (excluding diaryl/α,β-unsaturated/α-hetero) is 1. The molecule has 5 nitrogen and oxygen atoms in total. The third-order valence-corrected chi connectivity index (χ3v) is 4.18. The van der Waals surface area contributed by atoms with Gasteiger partial charge in [-0.3, -0.25) is 14.9 Å². The van der Waals surface area contributed by atoms with Gasteiger partial charge in [-0.2, -0.15) is 0 Å². The quantitative estimate of drug-likeness (QED) is 0.604. The van der Waals surface area contributed by atoms with E-state index in [4.69, 9.17) is 0 Å². The van der Waals surface area contributed by atoms with Crippen LogP contribution < -0.4 is 0 Å². The molecule has 0 saturated heterocycles. The van der Waals surface area contributed by atoms with Crippen molar-refractivity contribution in [2.45, 2.75) is 64.0 Å². The lowest BCUT2D eigenvalue weighted by Gasteiger charge is -2.42. The van der Waals surface area contributed by atoms with Crippen molar-refractivity contribution < 1.29 is 14.8 Å². The van der Waals surface area contributed by atoms with Gasteiger partial charge >= 0.3 is 0 Å². The fraction of sp³-hybridized carbons (Fsp3) is 0.917. The number of carbonyl (C=O) groups is 1. The second-order valence-corrected chi connectivity index (χ2v) is 5.29. The van der Waals surface area contributed by atoms with E-state index in [0.29, 0.717) is 25.7 Å². The summed E-state index contributed by atoms with van der Waals surface area (Å²) >= 11 is 0. The van der Waals surface area contributed by atoms with Gasteiger partial charge in [0.05, 0.1) is 11.5 Å². The van der Waals surface area contributed by atoms with Crippen LogP contribution in [-0.2, 0) is 4.79 Å². The van der Waals surface area contributed by atoms with Crippen molar-refractivity contribution >= 4 is 5.78 Å². The highest BCUT2D eigenvalue weighted by atomic mass is 16.6. The molecule has 0 unspecified atom stereocenters. The summed E-state index contributed by atoms with van der Waals surface area (Å²) in [5.41, 5.74) is -2.13. The van der Waals surface area contributed by atoms with Crippen molar-refractivity contribution in [3.63, 3.8) is 0 Å². The number of hydrogen-bond donors (Lipinski definition) is 1. The molecule has 0 aromatic heterocycles. The third-order valence-electron chi connectivity index (χ3n) is 4.18. The van der Waals surface area contributed by atoms with E-state index >= 15 is 0 Å². The lowest BCUT2D eigenvalue weighted by atomic mass is 9.65. The predicted octanol–water partition coefficient (Wildman–Crippen LogP) is 1.94. The second-order valence-electron chi connectivity index (χ2n) is 5.29. The van der Waals surface area contributed by atoms with E-state index < -0.39 is 17.1 Å². The number of hydrogen-bond acceptors (Lipinski definition) is 4. The molecule has 0 heterocycles. The summed E-state index contributed by atoms with van der Waals surface area (Å²) in [5.74, 6) is -0.663. The normalized spacial score (nSPS) is 37.8. The SMILES string of the molecule is CCC(=O)[C@@H]1C[C@](C)([N+](=O)[O-])CC[C@]1(O)CC. The molecule has 1 N–H and O–H groups in total. The van der Waals surface area contributed by atoms with Crippen LogP contribution in [0.3, 0.4) is 0 Å². The Morgan fingerprint density at radius 1 is 1.47 bits per heavy atom. The number of nitro groups is 1. The van der Waals surface area contributed by atoms with Gasteiger partial charge in [-0.25, -0.2) is 0 Å². The summed E-state index contributed by atoms with van der Waals surface area (Å²) in [7, 11) is 0. The third kappa shape index (κ3) is 2.49. The van der Waals surface area contributed by atoms with Crippen molar-refractivity contribution in [2.24, 2.45) is 5.92 Å². The molecular weight excluding hydrogens is 222 g/mol. The van der Waals surface area contributed by atoms with Gasteiger partial charge in [-0.05, 0) is 12.8 Å². The maximum atomic E-state index is 11.9. The van der Waals surface area contributed by atoms with Crippen molar-refractivity contribution in [3.05, 3.63) is 10.1 Å². The smallest absolute Gasteiger partial charge is 0.220 e. The first-order valence-corrected chi connectivity index (χ1v) is 6.18. The maximum Gasteiger partial charge on any atom is 0.220 e. The van der Waals surface area contributed by atoms with Gasteiger partial charge in [0.1, 0.15) is 5.78 Å². The van der Waals surface area contributed by atoms with Gasteiger partial charge in [0, 0.05) is 31.1 Å². The van der Waals surface area contributed by atoms with Crippen LogP contribution in [0.1, 0.15) is 52.9 Å². The van der Waals surface area contributed by atoms with E-state index in [2.05, 4.69) is 0 Å². The topological polar surface area (TPSA) is 80.4 Å². The summed E-state index contributed by atoms with van der Waals surface area (Å²) in [4.78, 5) is 22.6. The molecule has 5 heteroatoms. The van der Waals surface area contributed by atoms with E-state index in [1.807, 2.05) is 6.92 Å². The minimum atomic E-state index is -1.07. The van der Waals surface area contributed by atoms with Crippen molar-refractivity contribution in [1.82, 2.24) is 0 Å². The molecule has 0 amide bonds. The molecule has 0 bridgehead atoms. The summed E-state index contributed by atoms with van der Waals surface area (Å²) in [5, 5.41) is 21.5. The maximum absolute atomic E-state index is 11.9. The Hall–Kier alpha value is -0.970. The Balaban J connectivity index is 3.00. The van der Waals surface area contributed by atoms with Crippen LogP contribution in [0.4, 0.5) is 0 Å². The standard InChI is InChI=1S/C12H21NO4/c1-4-10(14)9-8-11(3,13(16)17)6-7-12(9,15)5-2/h9,15H,4-8H2,1-3H3/t9-,11+,12+/m0/s1. The molecule has 0 radical (unpaired) electrons. The first kappa shape index (κ1) is 14.1. The van der Waals surface area contributed by atoms with E-state index in [9.17, 15) is 20.0 Å². The molecule has 1 aliphatic carbocycles. The molecule has 0 spiro atoms. The molecule has 1 fully saturated rings. The first-order chi connectivity index (χ1) is 7.79. The Morgan fingerprint density at radius 3 is 2.47 bits per heavy atom. The van der Waals surface area contributed by atoms with Gasteiger partial charge in [0.15, 0.2) is 0 Å². The average molecular weight is 243 g/mol. The highest BCUT2D eigenvalue weighted by Gasteiger charge is 2.53. The summed E-state index contributed by atoms with van der Waals surface area (Å²) in [6, 6.07) is 0. The molecule has 1 saturated carbocycles.